The molecule has 0 aliphatic heterocycles. The van der Waals surface area contributed by atoms with Gasteiger partial charge in [-0.25, -0.2) is 0 Å². The molecule has 3 rings (SSSR count). The third-order valence-corrected chi connectivity index (χ3v) is 5.29. The van der Waals surface area contributed by atoms with E-state index in [1.54, 1.807) is 7.11 Å². The third-order valence-electron chi connectivity index (χ3n) is 4.43. The van der Waals surface area contributed by atoms with Crippen molar-refractivity contribution in [1.29, 1.82) is 0 Å². The fourth-order valence-corrected chi connectivity index (χ4v) is 3.73. The number of carbonyl (C=O) groups excluding carboxylic acids is 1. The van der Waals surface area contributed by atoms with Gasteiger partial charge >= 0.3 is 0 Å². The number of hydrogen-bond acceptors (Lipinski definition) is 3. The molecule has 0 saturated carbocycles. The van der Waals surface area contributed by atoms with Crippen LogP contribution < -0.4 is 4.74 Å². The number of hydrogen-bond donors (Lipinski definition) is 0. The number of carbonyl (C=O) groups is 1. The Morgan fingerprint density at radius 3 is 2.46 bits per heavy atom. The number of benzene rings is 2. The number of methoxy groups -OCH3 is 1. The van der Waals surface area contributed by atoms with Gasteiger partial charge in [-0.05, 0) is 42.0 Å². The molecule has 1 unspecified atom stereocenters. The maximum Gasteiger partial charge on any atom is 0.264 e. The number of para-hydroxylation sites is 1. The van der Waals surface area contributed by atoms with Gasteiger partial charge in [-0.1, -0.05) is 54.6 Å². The summed E-state index contributed by atoms with van der Waals surface area (Å²) in [7, 11) is 1.68. The van der Waals surface area contributed by atoms with E-state index < -0.39 is 0 Å². The van der Waals surface area contributed by atoms with Crippen LogP contribution in [0.1, 0.15) is 27.7 Å². The van der Waals surface area contributed by atoms with Gasteiger partial charge in [0.15, 0.2) is 0 Å². The van der Waals surface area contributed by atoms with E-state index in [-0.39, 0.29) is 11.9 Å². The molecule has 3 aromatic rings. The summed E-state index contributed by atoms with van der Waals surface area (Å²) in [5, 5.41) is 1.94. The molecule has 0 radical (unpaired) electrons. The lowest BCUT2D eigenvalue weighted by molar-refractivity contribution is 0.0680. The van der Waals surface area contributed by atoms with E-state index in [1.807, 2.05) is 58.8 Å². The van der Waals surface area contributed by atoms with Gasteiger partial charge in [0, 0.05) is 12.6 Å². The molecular weight excluding hydrogens is 342 g/mol. The van der Waals surface area contributed by atoms with Gasteiger partial charge < -0.3 is 9.64 Å². The minimum absolute atomic E-state index is 0.0427. The standard InChI is InChI=1S/C22H23NO2S/c1-17(15-19-11-6-7-12-20(19)25-2)23(16-18-9-4-3-5-10-18)22(24)21-13-8-14-26-21/h3-14,17H,15-16H2,1-2H3. The largest absolute Gasteiger partial charge is 0.496 e. The first kappa shape index (κ1) is 18.2. The lowest BCUT2D eigenvalue weighted by Crippen LogP contribution is -2.39. The van der Waals surface area contributed by atoms with Gasteiger partial charge in [-0.2, -0.15) is 0 Å². The van der Waals surface area contributed by atoms with Crippen LogP contribution in [0.15, 0.2) is 72.1 Å². The van der Waals surface area contributed by atoms with Crippen molar-refractivity contribution in [2.45, 2.75) is 25.9 Å². The molecule has 0 aliphatic carbocycles. The Balaban J connectivity index is 1.85. The number of thiophene rings is 1. The molecule has 0 spiro atoms. The van der Waals surface area contributed by atoms with Gasteiger partial charge in [0.25, 0.3) is 5.91 Å². The molecule has 0 fully saturated rings. The highest BCUT2D eigenvalue weighted by Gasteiger charge is 2.23. The monoisotopic (exact) mass is 365 g/mol. The number of ether oxygens (including phenoxy) is 1. The number of nitrogens with zero attached hydrogens (tertiary/aromatic N) is 1. The molecule has 26 heavy (non-hydrogen) atoms. The van der Waals surface area contributed by atoms with E-state index in [2.05, 4.69) is 25.1 Å². The van der Waals surface area contributed by atoms with E-state index in [9.17, 15) is 4.79 Å². The van der Waals surface area contributed by atoms with Crippen molar-refractivity contribution in [3.63, 3.8) is 0 Å². The molecule has 1 atom stereocenters. The SMILES string of the molecule is COc1ccccc1CC(C)N(Cc1ccccc1)C(=O)c1cccs1. The smallest absolute Gasteiger partial charge is 0.264 e. The van der Waals surface area contributed by atoms with Crippen LogP contribution in [0.3, 0.4) is 0 Å². The van der Waals surface area contributed by atoms with Crippen molar-refractivity contribution in [2.24, 2.45) is 0 Å². The average Bonchev–Trinajstić information content (AvgIpc) is 3.21. The first-order valence-electron chi connectivity index (χ1n) is 8.69. The lowest BCUT2D eigenvalue weighted by atomic mass is 10.0. The van der Waals surface area contributed by atoms with Gasteiger partial charge in [0.1, 0.15) is 5.75 Å². The van der Waals surface area contributed by atoms with Crippen LogP contribution in [0.2, 0.25) is 0 Å². The molecule has 0 saturated heterocycles. The summed E-state index contributed by atoms with van der Waals surface area (Å²) in [6.07, 6.45) is 0.744. The Kier molecular flexibility index (Phi) is 6.08. The normalized spacial score (nSPS) is 11.8. The van der Waals surface area contributed by atoms with Crippen LogP contribution in [0, 0.1) is 0 Å². The zero-order valence-corrected chi connectivity index (χ0v) is 15.9. The summed E-state index contributed by atoms with van der Waals surface area (Å²) in [6, 6.07) is 22.0. The van der Waals surface area contributed by atoms with Crippen LogP contribution in [-0.4, -0.2) is 24.0 Å². The van der Waals surface area contributed by atoms with Crippen molar-refractivity contribution < 1.29 is 9.53 Å². The van der Waals surface area contributed by atoms with Crippen molar-refractivity contribution >= 4 is 17.2 Å². The predicted octanol–water partition coefficient (Wildman–Crippen LogP) is 5.03. The van der Waals surface area contributed by atoms with E-state index in [4.69, 9.17) is 4.74 Å². The van der Waals surface area contributed by atoms with Gasteiger partial charge in [0.05, 0.1) is 12.0 Å². The van der Waals surface area contributed by atoms with Crippen molar-refractivity contribution in [1.82, 2.24) is 4.90 Å². The molecule has 134 valence electrons. The Morgan fingerprint density at radius 1 is 1.04 bits per heavy atom. The highest BCUT2D eigenvalue weighted by molar-refractivity contribution is 7.12. The van der Waals surface area contributed by atoms with Gasteiger partial charge in [-0.3, -0.25) is 4.79 Å². The Labute approximate surface area is 158 Å². The molecule has 1 amide bonds. The van der Waals surface area contributed by atoms with Crippen LogP contribution in [0.4, 0.5) is 0 Å². The summed E-state index contributed by atoms with van der Waals surface area (Å²) in [5.41, 5.74) is 2.24. The molecule has 2 aromatic carbocycles. The minimum Gasteiger partial charge on any atom is -0.496 e. The Morgan fingerprint density at radius 2 is 1.77 bits per heavy atom. The van der Waals surface area contributed by atoms with E-state index in [0.29, 0.717) is 6.54 Å². The van der Waals surface area contributed by atoms with E-state index in [0.717, 1.165) is 28.2 Å². The average molecular weight is 365 g/mol. The highest BCUT2D eigenvalue weighted by atomic mass is 32.1. The maximum absolute atomic E-state index is 13.1. The fourth-order valence-electron chi connectivity index (χ4n) is 3.05. The second kappa shape index (κ2) is 8.68. The first-order valence-corrected chi connectivity index (χ1v) is 9.57. The van der Waals surface area contributed by atoms with E-state index in [1.165, 1.54) is 11.3 Å². The molecule has 3 nitrogen and oxygen atoms in total. The summed E-state index contributed by atoms with van der Waals surface area (Å²) < 4.78 is 5.48. The summed E-state index contributed by atoms with van der Waals surface area (Å²) in [5.74, 6) is 0.939. The van der Waals surface area contributed by atoms with Gasteiger partial charge in [0.2, 0.25) is 0 Å². The second-order valence-electron chi connectivity index (χ2n) is 6.26. The van der Waals surface area contributed by atoms with Crippen LogP contribution >= 0.6 is 11.3 Å². The third kappa shape index (κ3) is 4.33. The Hall–Kier alpha value is -2.59. The quantitative estimate of drug-likeness (QED) is 0.588. The summed E-state index contributed by atoms with van der Waals surface area (Å²) in [6.45, 7) is 2.69. The molecule has 1 aromatic heterocycles. The zero-order valence-electron chi connectivity index (χ0n) is 15.1. The molecule has 1 heterocycles. The summed E-state index contributed by atoms with van der Waals surface area (Å²) >= 11 is 1.49. The molecule has 4 heteroatoms. The number of rotatable bonds is 7. The second-order valence-corrected chi connectivity index (χ2v) is 7.21. The van der Waals surface area contributed by atoms with Gasteiger partial charge in [-0.15, -0.1) is 11.3 Å². The molecule has 0 N–H and O–H groups in total. The zero-order chi connectivity index (χ0) is 18.4. The summed E-state index contributed by atoms with van der Waals surface area (Å²) in [4.78, 5) is 15.8. The first-order chi connectivity index (χ1) is 12.7. The lowest BCUT2D eigenvalue weighted by Gasteiger charge is -2.29. The van der Waals surface area contributed by atoms with Crippen molar-refractivity contribution in [2.75, 3.05) is 7.11 Å². The van der Waals surface area contributed by atoms with Crippen molar-refractivity contribution in [3.8, 4) is 5.75 Å². The van der Waals surface area contributed by atoms with E-state index >= 15 is 0 Å². The topological polar surface area (TPSA) is 29.5 Å². The minimum atomic E-state index is 0.0427. The maximum atomic E-state index is 13.1. The Bertz CT molecular complexity index is 830. The van der Waals surface area contributed by atoms with Crippen LogP contribution in [-0.2, 0) is 13.0 Å². The molecular formula is C22H23NO2S. The highest BCUT2D eigenvalue weighted by Crippen LogP contribution is 2.23. The van der Waals surface area contributed by atoms with Crippen LogP contribution in [0.25, 0.3) is 0 Å². The fraction of sp³-hybridized carbons (Fsp3) is 0.227. The molecule has 0 bridgehead atoms. The predicted molar refractivity (Wildman–Crippen MR) is 107 cm³/mol. The van der Waals surface area contributed by atoms with Crippen molar-refractivity contribution in [3.05, 3.63) is 88.1 Å². The van der Waals surface area contributed by atoms with Crippen LogP contribution in [0.5, 0.6) is 5.75 Å². The number of amides is 1. The molecule has 0 aliphatic rings.